The van der Waals surface area contributed by atoms with E-state index in [2.05, 4.69) is 31.0 Å². The number of nitrogens with one attached hydrogen (secondary N) is 1. The topological polar surface area (TPSA) is 15.3 Å². The van der Waals surface area contributed by atoms with Gasteiger partial charge in [-0.15, -0.1) is 0 Å². The van der Waals surface area contributed by atoms with E-state index < -0.39 is 0 Å². The van der Waals surface area contributed by atoms with Crippen LogP contribution in [-0.4, -0.2) is 29.1 Å². The fraction of sp³-hybridized carbons (Fsp3) is 0.909. The van der Waals surface area contributed by atoms with Crippen LogP contribution in [0.1, 0.15) is 40.0 Å². The summed E-state index contributed by atoms with van der Waals surface area (Å²) in [5.74, 6) is 0.765. The SMILES string of the molecule is CCNC(=S)N(CCC(C)C)C1CC1. The van der Waals surface area contributed by atoms with Crippen LogP contribution in [-0.2, 0) is 0 Å². The third kappa shape index (κ3) is 3.82. The van der Waals surface area contributed by atoms with Gasteiger partial charge in [0.2, 0.25) is 0 Å². The van der Waals surface area contributed by atoms with Gasteiger partial charge in [0.15, 0.2) is 5.11 Å². The zero-order valence-electron chi connectivity index (χ0n) is 9.55. The standard InChI is InChI=1S/C11H22N2S/c1-4-12-11(14)13(10-5-6-10)8-7-9(2)3/h9-10H,4-8H2,1-3H3,(H,12,14). The summed E-state index contributed by atoms with van der Waals surface area (Å²) in [5.41, 5.74) is 0. The van der Waals surface area contributed by atoms with Crippen molar-refractivity contribution in [3.8, 4) is 0 Å². The van der Waals surface area contributed by atoms with Crippen molar-refractivity contribution in [2.24, 2.45) is 5.92 Å². The molecular weight excluding hydrogens is 192 g/mol. The van der Waals surface area contributed by atoms with Crippen LogP contribution in [0.4, 0.5) is 0 Å². The lowest BCUT2D eigenvalue weighted by Gasteiger charge is -2.26. The first-order valence-electron chi connectivity index (χ1n) is 5.69. The Labute approximate surface area is 93.1 Å². The number of thiocarbonyl (C=S) groups is 1. The van der Waals surface area contributed by atoms with E-state index in [-0.39, 0.29) is 0 Å². The van der Waals surface area contributed by atoms with E-state index >= 15 is 0 Å². The lowest BCUT2D eigenvalue weighted by molar-refractivity contribution is 0.368. The number of hydrogen-bond acceptors (Lipinski definition) is 1. The Morgan fingerprint density at radius 3 is 2.57 bits per heavy atom. The molecule has 0 unspecified atom stereocenters. The molecule has 0 atom stereocenters. The molecule has 0 bridgehead atoms. The van der Waals surface area contributed by atoms with Crippen LogP contribution < -0.4 is 5.32 Å². The molecule has 1 N–H and O–H groups in total. The molecule has 0 amide bonds. The summed E-state index contributed by atoms with van der Waals surface area (Å²) in [5, 5.41) is 4.20. The van der Waals surface area contributed by atoms with Crippen molar-refractivity contribution >= 4 is 17.3 Å². The number of hydrogen-bond donors (Lipinski definition) is 1. The predicted octanol–water partition coefficient (Wildman–Crippen LogP) is 2.39. The molecule has 82 valence electrons. The van der Waals surface area contributed by atoms with E-state index in [4.69, 9.17) is 12.2 Å². The van der Waals surface area contributed by atoms with E-state index in [1.165, 1.54) is 19.3 Å². The molecule has 1 aliphatic carbocycles. The lowest BCUT2D eigenvalue weighted by atomic mass is 10.1. The smallest absolute Gasteiger partial charge is 0.169 e. The van der Waals surface area contributed by atoms with Crippen molar-refractivity contribution < 1.29 is 0 Å². The molecule has 0 spiro atoms. The van der Waals surface area contributed by atoms with Crippen LogP contribution in [0.15, 0.2) is 0 Å². The van der Waals surface area contributed by atoms with Crippen molar-refractivity contribution in [2.45, 2.75) is 46.1 Å². The molecular formula is C11H22N2S. The minimum atomic E-state index is 0.736. The molecule has 0 aromatic heterocycles. The Bertz CT molecular complexity index is 188. The summed E-state index contributed by atoms with van der Waals surface area (Å²) in [6, 6.07) is 0.736. The van der Waals surface area contributed by atoms with Crippen molar-refractivity contribution in [1.29, 1.82) is 0 Å². The minimum Gasteiger partial charge on any atom is -0.363 e. The minimum absolute atomic E-state index is 0.736. The van der Waals surface area contributed by atoms with Gasteiger partial charge in [-0.2, -0.15) is 0 Å². The summed E-state index contributed by atoms with van der Waals surface area (Å²) in [4.78, 5) is 2.37. The normalized spacial score (nSPS) is 15.7. The summed E-state index contributed by atoms with van der Waals surface area (Å²) in [6.07, 6.45) is 3.88. The molecule has 0 aromatic rings. The van der Waals surface area contributed by atoms with Gasteiger partial charge in [-0.25, -0.2) is 0 Å². The summed E-state index contributed by atoms with van der Waals surface area (Å²) in [7, 11) is 0. The quantitative estimate of drug-likeness (QED) is 0.708. The van der Waals surface area contributed by atoms with Crippen molar-refractivity contribution in [3.05, 3.63) is 0 Å². The van der Waals surface area contributed by atoms with Crippen LogP contribution in [0.5, 0.6) is 0 Å². The van der Waals surface area contributed by atoms with Crippen molar-refractivity contribution in [3.63, 3.8) is 0 Å². The van der Waals surface area contributed by atoms with Gasteiger partial charge >= 0.3 is 0 Å². The van der Waals surface area contributed by atoms with E-state index in [9.17, 15) is 0 Å². The largest absolute Gasteiger partial charge is 0.363 e. The predicted molar refractivity (Wildman–Crippen MR) is 65.5 cm³/mol. The van der Waals surface area contributed by atoms with Gasteiger partial charge in [0.1, 0.15) is 0 Å². The molecule has 1 saturated carbocycles. The molecule has 0 aromatic carbocycles. The molecule has 0 radical (unpaired) electrons. The van der Waals surface area contributed by atoms with E-state index in [0.717, 1.165) is 30.2 Å². The average molecular weight is 214 g/mol. The molecule has 0 saturated heterocycles. The zero-order valence-corrected chi connectivity index (χ0v) is 10.4. The fourth-order valence-corrected chi connectivity index (χ4v) is 1.87. The first-order chi connectivity index (χ1) is 6.65. The number of nitrogens with zero attached hydrogens (tertiary/aromatic N) is 1. The van der Waals surface area contributed by atoms with Gasteiger partial charge in [0, 0.05) is 19.1 Å². The van der Waals surface area contributed by atoms with Gasteiger partial charge in [-0.1, -0.05) is 13.8 Å². The van der Waals surface area contributed by atoms with E-state index in [0.29, 0.717) is 0 Å². The summed E-state index contributed by atoms with van der Waals surface area (Å²) < 4.78 is 0. The maximum absolute atomic E-state index is 5.36. The van der Waals surface area contributed by atoms with E-state index in [1.54, 1.807) is 0 Å². The Kier molecular flexibility index (Phi) is 4.66. The maximum Gasteiger partial charge on any atom is 0.169 e. The lowest BCUT2D eigenvalue weighted by Crippen LogP contribution is -2.41. The first kappa shape index (κ1) is 11.8. The molecule has 2 nitrogen and oxygen atoms in total. The highest BCUT2D eigenvalue weighted by molar-refractivity contribution is 7.80. The molecule has 14 heavy (non-hydrogen) atoms. The van der Waals surface area contributed by atoms with Crippen molar-refractivity contribution in [1.82, 2.24) is 10.2 Å². The first-order valence-corrected chi connectivity index (χ1v) is 6.10. The third-order valence-corrected chi connectivity index (χ3v) is 2.90. The Morgan fingerprint density at radius 2 is 2.14 bits per heavy atom. The maximum atomic E-state index is 5.36. The summed E-state index contributed by atoms with van der Waals surface area (Å²) >= 11 is 5.36. The fourth-order valence-electron chi connectivity index (χ4n) is 1.49. The van der Waals surface area contributed by atoms with Gasteiger partial charge in [-0.3, -0.25) is 0 Å². The van der Waals surface area contributed by atoms with Crippen LogP contribution in [0, 0.1) is 5.92 Å². The van der Waals surface area contributed by atoms with Crippen molar-refractivity contribution in [2.75, 3.05) is 13.1 Å². The van der Waals surface area contributed by atoms with Crippen LogP contribution >= 0.6 is 12.2 Å². The Hall–Kier alpha value is -0.310. The second-order valence-electron chi connectivity index (χ2n) is 4.44. The van der Waals surface area contributed by atoms with E-state index in [1.807, 2.05) is 0 Å². The molecule has 0 heterocycles. The van der Waals surface area contributed by atoms with Gasteiger partial charge in [0.05, 0.1) is 0 Å². The van der Waals surface area contributed by atoms with Crippen LogP contribution in [0.2, 0.25) is 0 Å². The Morgan fingerprint density at radius 1 is 1.50 bits per heavy atom. The second kappa shape index (κ2) is 5.54. The van der Waals surface area contributed by atoms with Gasteiger partial charge < -0.3 is 10.2 Å². The molecule has 1 fully saturated rings. The van der Waals surface area contributed by atoms with Crippen LogP contribution in [0.25, 0.3) is 0 Å². The second-order valence-corrected chi connectivity index (χ2v) is 4.83. The molecule has 3 heteroatoms. The van der Waals surface area contributed by atoms with Gasteiger partial charge in [0.25, 0.3) is 0 Å². The molecule has 1 rings (SSSR count). The summed E-state index contributed by atoms with van der Waals surface area (Å²) in [6.45, 7) is 8.68. The number of rotatable bonds is 5. The third-order valence-electron chi connectivity index (χ3n) is 2.52. The monoisotopic (exact) mass is 214 g/mol. The molecule has 0 aliphatic heterocycles. The Balaban J connectivity index is 2.34. The highest BCUT2D eigenvalue weighted by Gasteiger charge is 2.30. The zero-order chi connectivity index (χ0) is 10.6. The molecule has 1 aliphatic rings. The highest BCUT2D eigenvalue weighted by Crippen LogP contribution is 2.27. The van der Waals surface area contributed by atoms with Gasteiger partial charge in [-0.05, 0) is 44.3 Å². The highest BCUT2D eigenvalue weighted by atomic mass is 32.1. The average Bonchev–Trinajstić information content (AvgIpc) is 2.88. The van der Waals surface area contributed by atoms with Crippen LogP contribution in [0.3, 0.4) is 0 Å².